The van der Waals surface area contributed by atoms with Crippen molar-refractivity contribution in [1.29, 1.82) is 0 Å². The minimum absolute atomic E-state index is 0.144. The molecule has 96 valence electrons. The van der Waals surface area contributed by atoms with Crippen molar-refractivity contribution in [3.63, 3.8) is 0 Å². The van der Waals surface area contributed by atoms with E-state index in [1.807, 2.05) is 0 Å². The topological polar surface area (TPSA) is 120 Å². The lowest BCUT2D eigenvalue weighted by Crippen LogP contribution is -2.30. The van der Waals surface area contributed by atoms with Crippen LogP contribution in [-0.2, 0) is 19.6 Å². The molecule has 19 heavy (non-hydrogen) atoms. The Kier molecular flexibility index (Phi) is 3.07. The molecular weight excluding hydrogens is 272 g/mol. The van der Waals surface area contributed by atoms with E-state index in [-0.39, 0.29) is 5.69 Å². The van der Waals surface area contributed by atoms with Crippen molar-refractivity contribution in [2.75, 3.05) is 4.90 Å². The van der Waals surface area contributed by atoms with Crippen molar-refractivity contribution >= 4 is 27.5 Å². The number of carbonyl (C=O) groups is 2. The standard InChI is InChI=1S/C10H6N4O4S/c11-12-13-19(17,18)8-4-2-1-3-7(8)14-9(15)5-6-10(14)16/h1-6H. The molecule has 1 heterocycles. The van der Waals surface area contributed by atoms with Crippen molar-refractivity contribution in [1.82, 2.24) is 0 Å². The molecule has 1 aromatic rings. The maximum atomic E-state index is 11.7. The van der Waals surface area contributed by atoms with Crippen LogP contribution in [-0.4, -0.2) is 20.2 Å². The minimum atomic E-state index is -4.29. The monoisotopic (exact) mass is 278 g/mol. The number of carbonyl (C=O) groups excluding carboxylic acids is 2. The summed E-state index contributed by atoms with van der Waals surface area (Å²) in [4.78, 5) is 25.6. The van der Waals surface area contributed by atoms with Crippen LogP contribution in [0.25, 0.3) is 10.4 Å². The third-order valence-electron chi connectivity index (χ3n) is 2.34. The number of rotatable bonds is 3. The van der Waals surface area contributed by atoms with Gasteiger partial charge in [-0.1, -0.05) is 12.1 Å². The normalized spacial score (nSPS) is 14.6. The van der Waals surface area contributed by atoms with E-state index < -0.39 is 26.7 Å². The lowest BCUT2D eigenvalue weighted by atomic mass is 10.3. The summed E-state index contributed by atoms with van der Waals surface area (Å²) in [5.41, 5.74) is 8.10. The number of amides is 2. The highest BCUT2D eigenvalue weighted by Crippen LogP contribution is 2.28. The lowest BCUT2D eigenvalue weighted by molar-refractivity contribution is -0.120. The molecule has 0 spiro atoms. The van der Waals surface area contributed by atoms with Crippen molar-refractivity contribution in [2.45, 2.75) is 4.90 Å². The van der Waals surface area contributed by atoms with E-state index in [2.05, 4.69) is 9.43 Å². The fraction of sp³-hybridized carbons (Fsp3) is 0. The van der Waals surface area contributed by atoms with Gasteiger partial charge in [0, 0.05) is 21.6 Å². The van der Waals surface area contributed by atoms with Gasteiger partial charge in [0.2, 0.25) is 0 Å². The molecule has 0 radical (unpaired) electrons. The van der Waals surface area contributed by atoms with Crippen LogP contribution in [0.4, 0.5) is 5.69 Å². The van der Waals surface area contributed by atoms with Crippen LogP contribution in [0, 0.1) is 0 Å². The van der Waals surface area contributed by atoms with Crippen molar-refractivity contribution in [2.24, 2.45) is 4.52 Å². The average Bonchev–Trinajstić information content (AvgIpc) is 2.69. The first-order chi connectivity index (χ1) is 8.97. The molecule has 1 aliphatic heterocycles. The number of hydrogen-bond donors (Lipinski definition) is 0. The lowest BCUT2D eigenvalue weighted by Gasteiger charge is -2.16. The minimum Gasteiger partial charge on any atom is -0.269 e. The van der Waals surface area contributed by atoms with Gasteiger partial charge in [-0.2, -0.15) is 0 Å². The zero-order valence-electron chi connectivity index (χ0n) is 9.29. The van der Waals surface area contributed by atoms with Crippen LogP contribution < -0.4 is 4.90 Å². The summed E-state index contributed by atoms with van der Waals surface area (Å²) in [7, 11) is -4.29. The second-order valence-electron chi connectivity index (χ2n) is 3.46. The highest BCUT2D eigenvalue weighted by atomic mass is 32.2. The number of nitrogens with zero attached hydrogens (tertiary/aromatic N) is 4. The van der Waals surface area contributed by atoms with E-state index >= 15 is 0 Å². The Morgan fingerprint density at radius 3 is 2.26 bits per heavy atom. The molecule has 0 unspecified atom stereocenters. The van der Waals surface area contributed by atoms with Crippen molar-refractivity contribution < 1.29 is 18.0 Å². The smallest absolute Gasteiger partial charge is 0.266 e. The molecule has 0 saturated heterocycles. The molecule has 8 nitrogen and oxygen atoms in total. The predicted molar refractivity (Wildman–Crippen MR) is 64.4 cm³/mol. The van der Waals surface area contributed by atoms with Gasteiger partial charge in [0.25, 0.3) is 21.8 Å². The van der Waals surface area contributed by atoms with E-state index in [0.29, 0.717) is 4.90 Å². The van der Waals surface area contributed by atoms with Gasteiger partial charge in [-0.25, -0.2) is 13.3 Å². The molecule has 0 aromatic heterocycles. The van der Waals surface area contributed by atoms with Crippen LogP contribution in [0.3, 0.4) is 0 Å². The first-order valence-corrected chi connectivity index (χ1v) is 6.38. The maximum absolute atomic E-state index is 11.7. The van der Waals surface area contributed by atoms with Gasteiger partial charge < -0.3 is 0 Å². The van der Waals surface area contributed by atoms with Gasteiger partial charge in [0.15, 0.2) is 0 Å². The SMILES string of the molecule is [N-]=[N+]=NS(=O)(=O)c1ccccc1N1C(=O)C=CC1=O. The Bertz CT molecular complexity index is 729. The van der Waals surface area contributed by atoms with Crippen molar-refractivity contribution in [3.05, 3.63) is 46.9 Å². The molecule has 0 fully saturated rings. The highest BCUT2D eigenvalue weighted by molar-refractivity contribution is 7.90. The summed E-state index contributed by atoms with van der Waals surface area (Å²) >= 11 is 0. The molecular formula is C10H6N4O4S. The van der Waals surface area contributed by atoms with Crippen LogP contribution in [0.15, 0.2) is 45.8 Å². The van der Waals surface area contributed by atoms with Gasteiger partial charge in [0.1, 0.15) is 0 Å². The number of hydrogen-bond acceptors (Lipinski definition) is 4. The van der Waals surface area contributed by atoms with Gasteiger partial charge in [0.05, 0.1) is 10.6 Å². The van der Waals surface area contributed by atoms with E-state index in [1.54, 1.807) is 0 Å². The molecule has 1 aliphatic rings. The quantitative estimate of drug-likeness (QED) is 0.356. The fourth-order valence-corrected chi connectivity index (χ4v) is 2.45. The molecule has 0 atom stereocenters. The summed E-state index contributed by atoms with van der Waals surface area (Å²) in [5, 5.41) is 0. The van der Waals surface area contributed by atoms with E-state index in [0.717, 1.165) is 18.2 Å². The first kappa shape index (κ1) is 12.8. The molecule has 0 saturated carbocycles. The van der Waals surface area contributed by atoms with E-state index in [4.69, 9.17) is 5.53 Å². The predicted octanol–water partition coefficient (Wildman–Crippen LogP) is 1.11. The Balaban J connectivity index is 2.64. The Labute approximate surface area is 107 Å². The van der Waals surface area contributed by atoms with Crippen LogP contribution >= 0.6 is 0 Å². The zero-order valence-corrected chi connectivity index (χ0v) is 10.1. The summed E-state index contributed by atoms with van der Waals surface area (Å²) in [6.45, 7) is 0. The summed E-state index contributed by atoms with van der Waals surface area (Å²) in [6, 6.07) is 5.28. The third-order valence-corrected chi connectivity index (χ3v) is 3.53. The largest absolute Gasteiger partial charge is 0.269 e. The molecule has 9 heteroatoms. The molecule has 2 amide bonds. The first-order valence-electron chi connectivity index (χ1n) is 4.94. The molecule has 0 N–H and O–H groups in total. The molecule has 2 rings (SSSR count). The average molecular weight is 278 g/mol. The van der Waals surface area contributed by atoms with Gasteiger partial charge in [-0.05, 0) is 17.7 Å². The number of anilines is 1. The fourth-order valence-electron chi connectivity index (χ4n) is 1.59. The van der Waals surface area contributed by atoms with Gasteiger partial charge >= 0.3 is 0 Å². The van der Waals surface area contributed by atoms with E-state index in [1.165, 1.54) is 18.2 Å². The van der Waals surface area contributed by atoms with Gasteiger partial charge in [-0.3, -0.25) is 9.59 Å². The maximum Gasteiger partial charge on any atom is 0.266 e. The number of benzene rings is 1. The van der Waals surface area contributed by atoms with E-state index in [9.17, 15) is 18.0 Å². The number of para-hydroxylation sites is 1. The second kappa shape index (κ2) is 4.56. The molecule has 0 bridgehead atoms. The Hall–Kier alpha value is -2.64. The van der Waals surface area contributed by atoms with Crippen LogP contribution in [0.1, 0.15) is 0 Å². The summed E-state index contributed by atoms with van der Waals surface area (Å²) < 4.78 is 26.2. The van der Waals surface area contributed by atoms with Crippen LogP contribution in [0.5, 0.6) is 0 Å². The van der Waals surface area contributed by atoms with Crippen LogP contribution in [0.2, 0.25) is 0 Å². The molecule has 0 aliphatic carbocycles. The number of azide groups is 1. The summed E-state index contributed by atoms with van der Waals surface area (Å²) in [6.07, 6.45) is 2.05. The zero-order chi connectivity index (χ0) is 14.0. The number of sulfonamides is 1. The summed E-state index contributed by atoms with van der Waals surface area (Å²) in [5.74, 6) is -1.32. The van der Waals surface area contributed by atoms with Crippen molar-refractivity contribution in [3.8, 4) is 0 Å². The van der Waals surface area contributed by atoms with Gasteiger partial charge in [-0.15, -0.1) is 0 Å². The third kappa shape index (κ3) is 2.19. The number of imide groups is 1. The molecule has 1 aromatic carbocycles. The highest BCUT2D eigenvalue weighted by Gasteiger charge is 2.30. The Morgan fingerprint density at radius 1 is 1.11 bits per heavy atom. The second-order valence-corrected chi connectivity index (χ2v) is 5.01. The Morgan fingerprint density at radius 2 is 1.68 bits per heavy atom.